The first-order chi connectivity index (χ1) is 8.65. The fourth-order valence-corrected chi connectivity index (χ4v) is 2.23. The minimum absolute atomic E-state index is 0.0766. The van der Waals surface area contributed by atoms with E-state index >= 15 is 0 Å². The highest BCUT2D eigenvalue weighted by molar-refractivity contribution is 7.17. The monoisotopic (exact) mass is 285 g/mol. The van der Waals surface area contributed by atoms with Crippen LogP contribution in [-0.4, -0.2) is 42.2 Å². The van der Waals surface area contributed by atoms with Gasteiger partial charge in [0.2, 0.25) is 0 Å². The van der Waals surface area contributed by atoms with E-state index in [4.69, 9.17) is 0 Å². The summed E-state index contributed by atoms with van der Waals surface area (Å²) in [4.78, 5) is 18.9. The van der Waals surface area contributed by atoms with Crippen LogP contribution in [0.3, 0.4) is 0 Å². The molecule has 1 atom stereocenters. The van der Waals surface area contributed by atoms with Crippen LogP contribution in [0.2, 0.25) is 0 Å². The van der Waals surface area contributed by atoms with Crippen molar-refractivity contribution in [2.24, 2.45) is 5.92 Å². The molecule has 5 nitrogen and oxygen atoms in total. The van der Waals surface area contributed by atoms with Gasteiger partial charge < -0.3 is 15.3 Å². The number of rotatable bonds is 5. The van der Waals surface area contributed by atoms with Crippen LogP contribution in [0.5, 0.6) is 0 Å². The van der Waals surface area contributed by atoms with Crippen molar-refractivity contribution in [1.82, 2.24) is 10.3 Å². The number of aliphatic hydroxyl groups is 1. The number of nitrogens with zero attached hydrogens (tertiary/aromatic N) is 2. The summed E-state index contributed by atoms with van der Waals surface area (Å²) in [7, 11) is 3.78. The van der Waals surface area contributed by atoms with Crippen molar-refractivity contribution in [3.8, 4) is 0 Å². The van der Waals surface area contributed by atoms with E-state index in [9.17, 15) is 9.90 Å². The van der Waals surface area contributed by atoms with Crippen molar-refractivity contribution < 1.29 is 9.90 Å². The third-order valence-corrected chi connectivity index (χ3v) is 4.55. The van der Waals surface area contributed by atoms with Crippen LogP contribution in [0.15, 0.2) is 0 Å². The quantitative estimate of drug-likeness (QED) is 0.863. The van der Waals surface area contributed by atoms with Crippen molar-refractivity contribution in [2.75, 3.05) is 25.5 Å². The number of nitrogens with one attached hydrogen (secondary N) is 1. The van der Waals surface area contributed by atoms with Crippen molar-refractivity contribution >= 4 is 22.4 Å². The maximum absolute atomic E-state index is 12.1. The Bertz CT molecular complexity index is 453. The summed E-state index contributed by atoms with van der Waals surface area (Å²) in [5.41, 5.74) is -0.186. The Morgan fingerprint density at radius 3 is 2.53 bits per heavy atom. The van der Waals surface area contributed by atoms with Crippen LogP contribution in [-0.2, 0) is 0 Å². The summed E-state index contributed by atoms with van der Waals surface area (Å²) in [6.07, 6.45) is 0. The fourth-order valence-electron chi connectivity index (χ4n) is 1.33. The number of aromatic nitrogens is 1. The van der Waals surface area contributed by atoms with Crippen molar-refractivity contribution in [1.29, 1.82) is 0 Å². The fraction of sp³-hybridized carbons (Fsp3) is 0.692. The molecule has 6 heteroatoms. The van der Waals surface area contributed by atoms with Crippen LogP contribution in [0.1, 0.15) is 36.1 Å². The molecule has 1 rings (SSSR count). The summed E-state index contributed by atoms with van der Waals surface area (Å²) in [6.45, 7) is 7.63. The Balaban J connectivity index is 2.74. The zero-order chi connectivity index (χ0) is 14.8. The van der Waals surface area contributed by atoms with Crippen LogP contribution in [0, 0.1) is 12.8 Å². The van der Waals surface area contributed by atoms with E-state index in [2.05, 4.69) is 10.3 Å². The lowest BCUT2D eigenvalue weighted by Gasteiger charge is -2.27. The van der Waals surface area contributed by atoms with Crippen LogP contribution >= 0.6 is 11.3 Å². The number of anilines is 1. The molecular weight excluding hydrogens is 262 g/mol. The molecule has 0 saturated carbocycles. The maximum atomic E-state index is 12.1. The molecule has 2 N–H and O–H groups in total. The zero-order valence-electron chi connectivity index (χ0n) is 12.4. The molecular formula is C13H23N3O2S. The lowest BCUT2D eigenvalue weighted by molar-refractivity contribution is 0.0142. The number of hydrogen-bond acceptors (Lipinski definition) is 5. The average molecular weight is 285 g/mol. The molecule has 0 aliphatic heterocycles. The van der Waals surface area contributed by atoms with Gasteiger partial charge in [-0.05, 0) is 19.8 Å². The topological polar surface area (TPSA) is 65.5 Å². The van der Waals surface area contributed by atoms with Crippen LogP contribution in [0.25, 0.3) is 0 Å². The first-order valence-electron chi connectivity index (χ1n) is 6.30. The zero-order valence-corrected chi connectivity index (χ0v) is 13.3. The van der Waals surface area contributed by atoms with Gasteiger partial charge in [-0.25, -0.2) is 4.98 Å². The van der Waals surface area contributed by atoms with Crippen molar-refractivity contribution in [3.05, 3.63) is 10.6 Å². The second-order valence-electron chi connectivity index (χ2n) is 5.50. The van der Waals surface area contributed by atoms with E-state index in [1.165, 1.54) is 11.3 Å². The summed E-state index contributed by atoms with van der Waals surface area (Å²) in [5, 5.41) is 13.7. The predicted molar refractivity (Wildman–Crippen MR) is 79.0 cm³/mol. The van der Waals surface area contributed by atoms with Gasteiger partial charge in [0, 0.05) is 20.6 Å². The highest BCUT2D eigenvalue weighted by Gasteiger charge is 2.26. The maximum Gasteiger partial charge on any atom is 0.263 e. The Hall–Kier alpha value is -1.14. The number of thiazole rings is 1. The number of amides is 1. The standard InChI is InChI=1S/C13H23N3O2S/c1-8(2)13(4,18)7-14-11(17)10-9(3)15-12(19-10)16(5)6/h8,18H,7H2,1-6H3,(H,14,17). The van der Waals surface area contributed by atoms with Gasteiger partial charge in [-0.15, -0.1) is 0 Å². The number of carbonyl (C=O) groups excluding carboxylic acids is 1. The molecule has 0 saturated heterocycles. The van der Waals surface area contributed by atoms with E-state index in [-0.39, 0.29) is 18.4 Å². The number of carbonyl (C=O) groups is 1. The molecule has 1 amide bonds. The molecule has 0 aromatic carbocycles. The molecule has 0 fully saturated rings. The molecule has 0 bridgehead atoms. The lowest BCUT2D eigenvalue weighted by atomic mass is 9.92. The number of aryl methyl sites for hydroxylation is 1. The van der Waals surface area contributed by atoms with Gasteiger partial charge in [0.05, 0.1) is 11.3 Å². The van der Waals surface area contributed by atoms with E-state index in [0.29, 0.717) is 4.88 Å². The van der Waals surface area contributed by atoms with Gasteiger partial charge in [-0.3, -0.25) is 4.79 Å². The van der Waals surface area contributed by atoms with Crippen LogP contribution in [0.4, 0.5) is 5.13 Å². The molecule has 1 aromatic rings. The smallest absolute Gasteiger partial charge is 0.263 e. The molecule has 0 spiro atoms. The SMILES string of the molecule is Cc1nc(N(C)C)sc1C(=O)NCC(C)(O)C(C)C. The molecule has 1 aromatic heterocycles. The molecule has 0 radical (unpaired) electrons. The minimum Gasteiger partial charge on any atom is -0.388 e. The van der Waals surface area contributed by atoms with E-state index in [1.807, 2.05) is 39.8 Å². The van der Waals surface area contributed by atoms with E-state index < -0.39 is 5.60 Å². The molecule has 1 heterocycles. The third-order valence-electron chi connectivity index (χ3n) is 3.22. The Morgan fingerprint density at radius 2 is 2.11 bits per heavy atom. The second-order valence-corrected chi connectivity index (χ2v) is 6.48. The summed E-state index contributed by atoms with van der Waals surface area (Å²) in [5.74, 6) is -0.100. The van der Waals surface area contributed by atoms with Gasteiger partial charge in [0.25, 0.3) is 5.91 Å². The summed E-state index contributed by atoms with van der Waals surface area (Å²) >= 11 is 1.36. The van der Waals surface area contributed by atoms with Gasteiger partial charge in [0.1, 0.15) is 4.88 Å². The average Bonchev–Trinajstić information content (AvgIpc) is 2.68. The Morgan fingerprint density at radius 1 is 1.53 bits per heavy atom. The van der Waals surface area contributed by atoms with Gasteiger partial charge in [0.15, 0.2) is 5.13 Å². The molecule has 19 heavy (non-hydrogen) atoms. The van der Waals surface area contributed by atoms with E-state index in [0.717, 1.165) is 10.8 Å². The van der Waals surface area contributed by atoms with Crippen molar-refractivity contribution in [3.63, 3.8) is 0 Å². The second kappa shape index (κ2) is 5.88. The molecule has 0 aliphatic rings. The summed E-state index contributed by atoms with van der Waals surface area (Å²) < 4.78 is 0. The summed E-state index contributed by atoms with van der Waals surface area (Å²) in [6, 6.07) is 0. The first-order valence-corrected chi connectivity index (χ1v) is 7.12. The van der Waals surface area contributed by atoms with Crippen LogP contribution < -0.4 is 10.2 Å². The predicted octanol–water partition coefficient (Wildman–Crippen LogP) is 1.65. The Kier molecular flexibility index (Phi) is 4.92. The Labute approximate surface area is 118 Å². The molecule has 1 unspecified atom stereocenters. The van der Waals surface area contributed by atoms with E-state index in [1.54, 1.807) is 6.92 Å². The lowest BCUT2D eigenvalue weighted by Crippen LogP contribution is -2.44. The van der Waals surface area contributed by atoms with Gasteiger partial charge in [-0.2, -0.15) is 0 Å². The third kappa shape index (κ3) is 3.91. The largest absolute Gasteiger partial charge is 0.388 e. The molecule has 108 valence electrons. The molecule has 0 aliphatic carbocycles. The minimum atomic E-state index is -0.904. The highest BCUT2D eigenvalue weighted by atomic mass is 32.1. The number of hydrogen-bond donors (Lipinski definition) is 2. The van der Waals surface area contributed by atoms with Crippen molar-refractivity contribution in [2.45, 2.75) is 33.3 Å². The van der Waals surface area contributed by atoms with Gasteiger partial charge in [-0.1, -0.05) is 25.2 Å². The highest BCUT2D eigenvalue weighted by Crippen LogP contribution is 2.24. The normalized spacial score (nSPS) is 14.3. The first kappa shape index (κ1) is 15.9. The van der Waals surface area contributed by atoms with Gasteiger partial charge >= 0.3 is 0 Å².